The van der Waals surface area contributed by atoms with Gasteiger partial charge in [0.25, 0.3) is 0 Å². The molecule has 1 fully saturated rings. The Bertz CT molecular complexity index is 458. The third-order valence-corrected chi connectivity index (χ3v) is 3.78. The molecule has 18 heavy (non-hydrogen) atoms. The van der Waals surface area contributed by atoms with Crippen molar-refractivity contribution in [3.05, 3.63) is 29.3 Å². The van der Waals surface area contributed by atoms with Crippen LogP contribution in [0.15, 0.2) is 18.2 Å². The molecule has 98 valence electrons. The maximum atomic E-state index is 12.2. The summed E-state index contributed by atoms with van der Waals surface area (Å²) in [6.07, 6.45) is 0.851. The van der Waals surface area contributed by atoms with Crippen LogP contribution in [0.2, 0.25) is 0 Å². The Labute approximate surface area is 108 Å². The second-order valence-corrected chi connectivity index (χ2v) is 5.00. The number of urea groups is 1. The highest BCUT2D eigenvalue weighted by Crippen LogP contribution is 2.25. The molecule has 1 aliphatic rings. The normalized spacial score (nSPS) is 19.8. The largest absolute Gasteiger partial charge is 0.330 e. The number of carbonyl (C=O) groups excluding carboxylic acids is 1. The maximum absolute atomic E-state index is 12.2. The minimum absolute atomic E-state index is 0.0664. The van der Waals surface area contributed by atoms with E-state index in [1.165, 1.54) is 11.1 Å². The Morgan fingerprint density at radius 1 is 1.33 bits per heavy atom. The monoisotopic (exact) mass is 247 g/mol. The van der Waals surface area contributed by atoms with Gasteiger partial charge in [0, 0.05) is 19.3 Å². The SMILES string of the molecule is Cc1ccc(N2CC(CCN)N(C)C2=O)cc1C. The first-order valence-corrected chi connectivity index (χ1v) is 6.36. The highest BCUT2D eigenvalue weighted by atomic mass is 16.2. The number of rotatable bonds is 3. The van der Waals surface area contributed by atoms with Crippen LogP contribution < -0.4 is 10.6 Å². The van der Waals surface area contributed by atoms with Crippen LogP contribution in [0.25, 0.3) is 0 Å². The molecule has 0 aliphatic carbocycles. The molecule has 2 rings (SSSR count). The van der Waals surface area contributed by atoms with Gasteiger partial charge in [-0.3, -0.25) is 4.90 Å². The molecule has 1 aliphatic heterocycles. The van der Waals surface area contributed by atoms with Crippen molar-refractivity contribution in [1.82, 2.24) is 4.90 Å². The van der Waals surface area contributed by atoms with Gasteiger partial charge in [0.15, 0.2) is 0 Å². The van der Waals surface area contributed by atoms with Gasteiger partial charge in [0.1, 0.15) is 0 Å². The third kappa shape index (κ3) is 2.20. The lowest BCUT2D eigenvalue weighted by Gasteiger charge is -2.17. The fourth-order valence-corrected chi connectivity index (χ4v) is 2.34. The Kier molecular flexibility index (Phi) is 3.57. The molecule has 2 N–H and O–H groups in total. The molecule has 0 saturated carbocycles. The Hall–Kier alpha value is -1.55. The zero-order valence-corrected chi connectivity index (χ0v) is 11.3. The topological polar surface area (TPSA) is 49.6 Å². The summed E-state index contributed by atoms with van der Waals surface area (Å²) in [5, 5.41) is 0. The Morgan fingerprint density at radius 2 is 2.06 bits per heavy atom. The number of hydrogen-bond acceptors (Lipinski definition) is 2. The van der Waals surface area contributed by atoms with Gasteiger partial charge in [-0.15, -0.1) is 0 Å². The Balaban J connectivity index is 2.23. The van der Waals surface area contributed by atoms with Gasteiger partial charge >= 0.3 is 6.03 Å². The minimum Gasteiger partial charge on any atom is -0.330 e. The van der Waals surface area contributed by atoms with Crippen LogP contribution in [-0.4, -0.2) is 37.1 Å². The highest BCUT2D eigenvalue weighted by Gasteiger charge is 2.34. The number of nitrogens with zero attached hydrogens (tertiary/aromatic N) is 2. The van der Waals surface area contributed by atoms with Gasteiger partial charge < -0.3 is 10.6 Å². The first kappa shape index (κ1) is 12.9. The van der Waals surface area contributed by atoms with Crippen molar-refractivity contribution in [2.75, 3.05) is 25.0 Å². The molecule has 1 aromatic carbocycles. The molecular formula is C14H21N3O. The molecule has 1 unspecified atom stereocenters. The predicted octanol–water partition coefficient (Wildman–Crippen LogP) is 1.89. The lowest BCUT2D eigenvalue weighted by atomic mass is 10.1. The zero-order valence-electron chi connectivity index (χ0n) is 11.3. The standard InChI is InChI=1S/C14H21N3O/c1-10-4-5-12(8-11(10)2)17-9-13(6-7-15)16(3)14(17)18/h4-5,8,13H,6-7,9,15H2,1-3H3. The van der Waals surface area contributed by atoms with Crippen LogP contribution >= 0.6 is 0 Å². The van der Waals surface area contributed by atoms with E-state index in [-0.39, 0.29) is 12.1 Å². The van der Waals surface area contributed by atoms with E-state index in [1.807, 2.05) is 18.0 Å². The molecule has 1 aromatic rings. The van der Waals surface area contributed by atoms with E-state index < -0.39 is 0 Å². The minimum atomic E-state index is 0.0664. The van der Waals surface area contributed by atoms with Gasteiger partial charge in [-0.05, 0) is 50.1 Å². The number of benzene rings is 1. The fourth-order valence-electron chi connectivity index (χ4n) is 2.34. The number of hydrogen-bond donors (Lipinski definition) is 1. The molecule has 0 bridgehead atoms. The van der Waals surface area contributed by atoms with Crippen LogP contribution in [0.1, 0.15) is 17.5 Å². The van der Waals surface area contributed by atoms with Crippen molar-refractivity contribution in [1.29, 1.82) is 0 Å². The molecule has 0 aromatic heterocycles. The van der Waals surface area contributed by atoms with Gasteiger partial charge in [0.05, 0.1) is 6.04 Å². The summed E-state index contributed by atoms with van der Waals surface area (Å²) in [5.74, 6) is 0. The molecular weight excluding hydrogens is 226 g/mol. The molecule has 4 nitrogen and oxygen atoms in total. The molecule has 1 saturated heterocycles. The van der Waals surface area contributed by atoms with Crippen molar-refractivity contribution in [2.45, 2.75) is 26.3 Å². The van der Waals surface area contributed by atoms with Gasteiger partial charge in [-0.2, -0.15) is 0 Å². The summed E-state index contributed by atoms with van der Waals surface area (Å²) in [7, 11) is 1.85. The van der Waals surface area contributed by atoms with Gasteiger partial charge in [-0.1, -0.05) is 6.07 Å². The van der Waals surface area contributed by atoms with E-state index in [4.69, 9.17) is 5.73 Å². The van der Waals surface area contributed by atoms with E-state index in [9.17, 15) is 4.79 Å². The highest BCUT2D eigenvalue weighted by molar-refractivity contribution is 5.94. The molecule has 1 heterocycles. The van der Waals surface area contributed by atoms with Crippen LogP contribution in [0.3, 0.4) is 0 Å². The molecule has 4 heteroatoms. The smallest absolute Gasteiger partial charge is 0.324 e. The predicted molar refractivity (Wildman–Crippen MR) is 73.9 cm³/mol. The summed E-state index contributed by atoms with van der Waals surface area (Å²) in [6, 6.07) is 6.44. The number of anilines is 1. The van der Waals surface area contributed by atoms with E-state index >= 15 is 0 Å². The summed E-state index contributed by atoms with van der Waals surface area (Å²) < 4.78 is 0. The van der Waals surface area contributed by atoms with Crippen LogP contribution in [0, 0.1) is 13.8 Å². The summed E-state index contributed by atoms with van der Waals surface area (Å²) >= 11 is 0. The second-order valence-electron chi connectivity index (χ2n) is 5.00. The summed E-state index contributed by atoms with van der Waals surface area (Å²) in [6.45, 7) is 5.49. The van der Waals surface area contributed by atoms with Crippen molar-refractivity contribution in [3.63, 3.8) is 0 Å². The van der Waals surface area contributed by atoms with Gasteiger partial charge in [0.2, 0.25) is 0 Å². The summed E-state index contributed by atoms with van der Waals surface area (Å²) in [5.41, 5.74) is 9.03. The maximum Gasteiger partial charge on any atom is 0.324 e. The average molecular weight is 247 g/mol. The van der Waals surface area contributed by atoms with Crippen LogP contribution in [-0.2, 0) is 0 Å². The zero-order chi connectivity index (χ0) is 13.3. The Morgan fingerprint density at radius 3 is 2.67 bits per heavy atom. The summed E-state index contributed by atoms with van der Waals surface area (Å²) in [4.78, 5) is 15.8. The number of aryl methyl sites for hydroxylation is 2. The molecule has 2 amide bonds. The molecule has 1 atom stereocenters. The fraction of sp³-hybridized carbons (Fsp3) is 0.500. The average Bonchev–Trinajstić information content (AvgIpc) is 2.62. The van der Waals surface area contributed by atoms with E-state index in [0.29, 0.717) is 6.54 Å². The van der Waals surface area contributed by atoms with E-state index in [2.05, 4.69) is 26.0 Å². The number of carbonyl (C=O) groups is 1. The van der Waals surface area contributed by atoms with Crippen LogP contribution in [0.5, 0.6) is 0 Å². The van der Waals surface area contributed by atoms with Crippen molar-refractivity contribution in [2.24, 2.45) is 5.73 Å². The third-order valence-electron chi connectivity index (χ3n) is 3.78. The number of likely N-dealkylation sites (N-methyl/N-ethyl adjacent to an activating group) is 1. The second kappa shape index (κ2) is 4.98. The molecule has 0 radical (unpaired) electrons. The first-order chi connectivity index (χ1) is 8.54. The lowest BCUT2D eigenvalue weighted by Crippen LogP contribution is -2.32. The lowest BCUT2D eigenvalue weighted by molar-refractivity contribution is 0.217. The number of nitrogens with two attached hydrogens (primary N) is 1. The van der Waals surface area contributed by atoms with Crippen LogP contribution in [0.4, 0.5) is 10.5 Å². The van der Waals surface area contributed by atoms with Gasteiger partial charge in [-0.25, -0.2) is 4.79 Å². The van der Waals surface area contributed by atoms with Crippen molar-refractivity contribution in [3.8, 4) is 0 Å². The quantitative estimate of drug-likeness (QED) is 0.886. The van der Waals surface area contributed by atoms with E-state index in [0.717, 1.165) is 18.7 Å². The van der Waals surface area contributed by atoms with E-state index in [1.54, 1.807) is 4.90 Å². The molecule has 0 spiro atoms. The first-order valence-electron chi connectivity index (χ1n) is 6.36. The van der Waals surface area contributed by atoms with Crippen molar-refractivity contribution >= 4 is 11.7 Å². The number of amides is 2. The van der Waals surface area contributed by atoms with Crippen molar-refractivity contribution < 1.29 is 4.79 Å².